The molecule has 1 N–H and O–H groups in total. The normalized spacial score (nSPS) is 10.6. The maximum atomic E-state index is 6.44. The Labute approximate surface area is 184 Å². The molecule has 0 radical (unpaired) electrons. The molecule has 0 aliphatic heterocycles. The van der Waals surface area contributed by atoms with Gasteiger partial charge in [-0.05, 0) is 53.6 Å². The molecule has 0 aromatic heterocycles. The van der Waals surface area contributed by atoms with Crippen molar-refractivity contribution in [2.45, 2.75) is 13.2 Å². The van der Waals surface area contributed by atoms with Gasteiger partial charge in [-0.25, -0.2) is 0 Å². The minimum Gasteiger partial charge on any atom is -0.493 e. The van der Waals surface area contributed by atoms with Crippen molar-refractivity contribution >= 4 is 52.1 Å². The summed E-state index contributed by atoms with van der Waals surface area (Å²) in [5.41, 5.74) is 2.68. The standard InChI is InChI=1S/C21H17Cl4NO2/c1-27-20-9-14(11-26-19-7-6-16(23)10-17(19)24)8-18(25)21(20)28-12-13-2-4-15(22)5-3-13/h2-10,26H,11-12H2,1H3. The van der Waals surface area contributed by atoms with E-state index in [-0.39, 0.29) is 0 Å². The molecule has 0 amide bonds. The Hall–Kier alpha value is -1.78. The summed E-state index contributed by atoms with van der Waals surface area (Å²) >= 11 is 24.5. The number of nitrogens with one attached hydrogen (secondary N) is 1. The molecule has 0 saturated carbocycles. The van der Waals surface area contributed by atoms with E-state index >= 15 is 0 Å². The van der Waals surface area contributed by atoms with Gasteiger partial charge < -0.3 is 14.8 Å². The summed E-state index contributed by atoms with van der Waals surface area (Å²) in [7, 11) is 1.58. The third kappa shape index (κ3) is 5.39. The molecule has 3 nitrogen and oxygen atoms in total. The summed E-state index contributed by atoms with van der Waals surface area (Å²) in [5, 5.41) is 5.54. The largest absolute Gasteiger partial charge is 0.493 e. The van der Waals surface area contributed by atoms with E-state index < -0.39 is 0 Å². The summed E-state index contributed by atoms with van der Waals surface area (Å²) in [5.74, 6) is 1.05. The molecule has 3 rings (SSSR count). The summed E-state index contributed by atoms with van der Waals surface area (Å²) in [4.78, 5) is 0. The molecule has 0 atom stereocenters. The van der Waals surface area contributed by atoms with Crippen LogP contribution in [0.4, 0.5) is 5.69 Å². The topological polar surface area (TPSA) is 30.5 Å². The van der Waals surface area contributed by atoms with Gasteiger partial charge in [0.2, 0.25) is 0 Å². The van der Waals surface area contributed by atoms with Gasteiger partial charge in [0.1, 0.15) is 6.61 Å². The summed E-state index contributed by atoms with van der Waals surface area (Å²) in [6, 6.07) is 16.4. The number of hydrogen-bond acceptors (Lipinski definition) is 3. The van der Waals surface area contributed by atoms with Crippen LogP contribution >= 0.6 is 46.4 Å². The highest BCUT2D eigenvalue weighted by atomic mass is 35.5. The van der Waals surface area contributed by atoms with Crippen molar-refractivity contribution in [2.24, 2.45) is 0 Å². The van der Waals surface area contributed by atoms with E-state index in [4.69, 9.17) is 55.9 Å². The fourth-order valence-electron chi connectivity index (χ4n) is 2.58. The Balaban J connectivity index is 1.72. The minimum atomic E-state index is 0.352. The smallest absolute Gasteiger partial charge is 0.180 e. The first-order chi connectivity index (χ1) is 13.5. The van der Waals surface area contributed by atoms with Crippen LogP contribution in [0.3, 0.4) is 0 Å². The molecule has 0 fully saturated rings. The number of hydrogen-bond donors (Lipinski definition) is 1. The van der Waals surface area contributed by atoms with Crippen molar-refractivity contribution in [3.8, 4) is 11.5 Å². The molecule has 3 aromatic carbocycles. The zero-order valence-electron chi connectivity index (χ0n) is 14.9. The molecule has 0 bridgehead atoms. The van der Waals surface area contributed by atoms with E-state index in [2.05, 4.69) is 5.32 Å². The molecule has 146 valence electrons. The van der Waals surface area contributed by atoms with Gasteiger partial charge in [-0.1, -0.05) is 58.5 Å². The second-order valence-electron chi connectivity index (χ2n) is 6.00. The predicted molar refractivity (Wildman–Crippen MR) is 118 cm³/mol. The van der Waals surface area contributed by atoms with Gasteiger partial charge in [-0.2, -0.15) is 0 Å². The van der Waals surface area contributed by atoms with Crippen molar-refractivity contribution in [3.63, 3.8) is 0 Å². The van der Waals surface area contributed by atoms with E-state index in [1.54, 1.807) is 19.2 Å². The Morgan fingerprint density at radius 2 is 1.50 bits per heavy atom. The van der Waals surface area contributed by atoms with Crippen LogP contribution in [0.1, 0.15) is 11.1 Å². The van der Waals surface area contributed by atoms with Crippen molar-refractivity contribution in [1.29, 1.82) is 0 Å². The highest BCUT2D eigenvalue weighted by molar-refractivity contribution is 6.36. The lowest BCUT2D eigenvalue weighted by molar-refractivity contribution is 0.284. The molecule has 0 spiro atoms. The van der Waals surface area contributed by atoms with E-state index in [0.29, 0.717) is 44.7 Å². The SMILES string of the molecule is COc1cc(CNc2ccc(Cl)cc2Cl)cc(Cl)c1OCc1ccc(Cl)cc1. The first kappa shape index (κ1) is 20.9. The van der Waals surface area contributed by atoms with Crippen molar-refractivity contribution in [3.05, 3.63) is 85.8 Å². The lowest BCUT2D eigenvalue weighted by Gasteiger charge is -2.15. The third-order valence-electron chi connectivity index (χ3n) is 4.00. The van der Waals surface area contributed by atoms with Gasteiger partial charge in [-0.15, -0.1) is 0 Å². The first-order valence-corrected chi connectivity index (χ1v) is 9.90. The monoisotopic (exact) mass is 455 g/mol. The molecule has 0 aliphatic rings. The highest BCUT2D eigenvalue weighted by Crippen LogP contribution is 2.37. The maximum Gasteiger partial charge on any atom is 0.180 e. The number of benzene rings is 3. The number of methoxy groups -OCH3 is 1. The Morgan fingerprint density at radius 3 is 2.18 bits per heavy atom. The molecule has 0 unspecified atom stereocenters. The van der Waals surface area contributed by atoms with E-state index in [9.17, 15) is 0 Å². The quantitative estimate of drug-likeness (QED) is 0.399. The summed E-state index contributed by atoms with van der Waals surface area (Å²) in [6.45, 7) is 0.861. The maximum absolute atomic E-state index is 6.44. The average molecular weight is 457 g/mol. The van der Waals surface area contributed by atoms with Crippen LogP contribution in [-0.4, -0.2) is 7.11 Å². The molecule has 0 heterocycles. The van der Waals surface area contributed by atoms with Crippen LogP contribution in [-0.2, 0) is 13.2 Å². The van der Waals surface area contributed by atoms with Crippen molar-refractivity contribution in [1.82, 2.24) is 0 Å². The lowest BCUT2D eigenvalue weighted by Crippen LogP contribution is -2.03. The van der Waals surface area contributed by atoms with Gasteiger partial charge in [-0.3, -0.25) is 0 Å². The molecule has 28 heavy (non-hydrogen) atoms. The van der Waals surface area contributed by atoms with Crippen LogP contribution in [0.5, 0.6) is 11.5 Å². The van der Waals surface area contributed by atoms with Gasteiger partial charge >= 0.3 is 0 Å². The molecule has 7 heteroatoms. The van der Waals surface area contributed by atoms with E-state index in [1.165, 1.54) is 0 Å². The van der Waals surface area contributed by atoms with Crippen LogP contribution in [0.2, 0.25) is 20.1 Å². The second-order valence-corrected chi connectivity index (χ2v) is 7.69. The molecular formula is C21H17Cl4NO2. The zero-order valence-corrected chi connectivity index (χ0v) is 18.0. The molecule has 3 aromatic rings. The van der Waals surface area contributed by atoms with Gasteiger partial charge in [0.25, 0.3) is 0 Å². The number of rotatable bonds is 7. The van der Waals surface area contributed by atoms with Crippen LogP contribution in [0.15, 0.2) is 54.6 Å². The number of halogens is 4. The molecule has 0 aliphatic carbocycles. The van der Waals surface area contributed by atoms with E-state index in [0.717, 1.165) is 16.8 Å². The molecule has 0 saturated heterocycles. The average Bonchev–Trinajstić information content (AvgIpc) is 2.67. The Kier molecular flexibility index (Phi) is 7.19. The minimum absolute atomic E-state index is 0.352. The summed E-state index contributed by atoms with van der Waals surface area (Å²) < 4.78 is 11.3. The van der Waals surface area contributed by atoms with Crippen molar-refractivity contribution < 1.29 is 9.47 Å². The Morgan fingerprint density at radius 1 is 0.786 bits per heavy atom. The second kappa shape index (κ2) is 9.62. The number of anilines is 1. The number of ether oxygens (including phenoxy) is 2. The summed E-state index contributed by atoms with van der Waals surface area (Å²) in [6.07, 6.45) is 0. The van der Waals surface area contributed by atoms with Crippen molar-refractivity contribution in [2.75, 3.05) is 12.4 Å². The molecular weight excluding hydrogens is 440 g/mol. The lowest BCUT2D eigenvalue weighted by atomic mass is 10.2. The predicted octanol–water partition coefficient (Wildman–Crippen LogP) is 7.50. The fraction of sp³-hybridized carbons (Fsp3) is 0.143. The van der Waals surface area contributed by atoms with Crippen LogP contribution in [0, 0.1) is 0 Å². The van der Waals surface area contributed by atoms with Crippen LogP contribution < -0.4 is 14.8 Å². The highest BCUT2D eigenvalue weighted by Gasteiger charge is 2.13. The van der Waals surface area contributed by atoms with E-state index in [1.807, 2.05) is 42.5 Å². The fourth-order valence-corrected chi connectivity index (χ4v) is 3.47. The van der Waals surface area contributed by atoms with Crippen LogP contribution in [0.25, 0.3) is 0 Å². The van der Waals surface area contributed by atoms with Gasteiger partial charge in [0, 0.05) is 16.6 Å². The van der Waals surface area contributed by atoms with Gasteiger partial charge in [0.05, 0.1) is 22.8 Å². The van der Waals surface area contributed by atoms with Gasteiger partial charge in [0.15, 0.2) is 11.5 Å². The third-order valence-corrected chi connectivity index (χ3v) is 5.08. The zero-order chi connectivity index (χ0) is 20.1. The first-order valence-electron chi connectivity index (χ1n) is 8.39. The Bertz CT molecular complexity index is 961.